The van der Waals surface area contributed by atoms with E-state index < -0.39 is 9.84 Å². The van der Waals surface area contributed by atoms with Gasteiger partial charge in [0.1, 0.15) is 0 Å². The lowest BCUT2D eigenvalue weighted by Crippen LogP contribution is -2.40. The summed E-state index contributed by atoms with van der Waals surface area (Å²) < 4.78 is 24.8. The van der Waals surface area contributed by atoms with Crippen LogP contribution in [0.15, 0.2) is 29.2 Å². The van der Waals surface area contributed by atoms with Crippen molar-refractivity contribution in [3.8, 4) is 0 Å². The number of piperidine rings is 1. The standard InChI is InChI=1S/C15H22BrNO2S/c1-3-10-20(18,19)15-7-5-4-6-14(15)17-9-8-12(2)13(16)11-17/h4-7,12-13H,3,8-11H2,1-2H3. The molecule has 0 aromatic heterocycles. The molecule has 0 bridgehead atoms. The summed E-state index contributed by atoms with van der Waals surface area (Å²) in [6.07, 6.45) is 1.73. The van der Waals surface area contributed by atoms with Gasteiger partial charge < -0.3 is 4.90 Å². The first-order valence-electron chi connectivity index (χ1n) is 7.16. The molecule has 2 unspecified atom stereocenters. The van der Waals surface area contributed by atoms with Gasteiger partial charge in [-0.25, -0.2) is 8.42 Å². The maximum atomic E-state index is 12.4. The molecule has 20 heavy (non-hydrogen) atoms. The topological polar surface area (TPSA) is 37.4 Å². The second kappa shape index (κ2) is 6.48. The molecule has 2 atom stereocenters. The van der Waals surface area contributed by atoms with Gasteiger partial charge in [-0.3, -0.25) is 0 Å². The van der Waals surface area contributed by atoms with Crippen LogP contribution >= 0.6 is 15.9 Å². The first-order chi connectivity index (χ1) is 9.45. The van der Waals surface area contributed by atoms with Crippen molar-refractivity contribution in [1.82, 2.24) is 0 Å². The van der Waals surface area contributed by atoms with Crippen molar-refractivity contribution in [3.05, 3.63) is 24.3 Å². The van der Waals surface area contributed by atoms with E-state index in [1.165, 1.54) is 0 Å². The molecule has 0 spiro atoms. The van der Waals surface area contributed by atoms with Crippen molar-refractivity contribution in [3.63, 3.8) is 0 Å². The molecular weight excluding hydrogens is 338 g/mol. The van der Waals surface area contributed by atoms with E-state index in [1.54, 1.807) is 6.07 Å². The summed E-state index contributed by atoms with van der Waals surface area (Å²) in [4.78, 5) is 3.09. The first-order valence-corrected chi connectivity index (χ1v) is 9.73. The largest absolute Gasteiger partial charge is 0.369 e. The minimum absolute atomic E-state index is 0.214. The van der Waals surface area contributed by atoms with Gasteiger partial charge in [0.05, 0.1) is 16.3 Å². The zero-order chi connectivity index (χ0) is 14.8. The fourth-order valence-electron chi connectivity index (χ4n) is 2.60. The predicted octanol–water partition coefficient (Wildman–Crippen LogP) is 3.48. The third-order valence-corrected chi connectivity index (χ3v) is 7.03. The van der Waals surface area contributed by atoms with E-state index >= 15 is 0 Å². The van der Waals surface area contributed by atoms with E-state index in [1.807, 2.05) is 25.1 Å². The maximum absolute atomic E-state index is 12.4. The average Bonchev–Trinajstić information content (AvgIpc) is 2.42. The molecule has 1 aromatic rings. The molecule has 0 aliphatic carbocycles. The Hall–Kier alpha value is -0.550. The molecular formula is C15H22BrNO2S. The Balaban J connectivity index is 2.34. The Morgan fingerprint density at radius 2 is 2.05 bits per heavy atom. The van der Waals surface area contributed by atoms with E-state index in [-0.39, 0.29) is 5.75 Å². The SMILES string of the molecule is CCCS(=O)(=O)c1ccccc1N1CCC(C)C(Br)C1. The van der Waals surface area contributed by atoms with E-state index in [9.17, 15) is 8.42 Å². The Bertz CT molecular complexity index is 559. The molecule has 112 valence electrons. The van der Waals surface area contributed by atoms with E-state index in [4.69, 9.17) is 0 Å². The van der Waals surface area contributed by atoms with Crippen LogP contribution in [0.2, 0.25) is 0 Å². The average molecular weight is 360 g/mol. The van der Waals surface area contributed by atoms with Crippen LogP contribution in [0.1, 0.15) is 26.7 Å². The second-order valence-electron chi connectivity index (χ2n) is 5.51. The van der Waals surface area contributed by atoms with Gasteiger partial charge in [-0.15, -0.1) is 0 Å². The van der Waals surface area contributed by atoms with Crippen LogP contribution in [0.25, 0.3) is 0 Å². The van der Waals surface area contributed by atoms with Gasteiger partial charge in [-0.1, -0.05) is 41.9 Å². The number of halogens is 1. The fraction of sp³-hybridized carbons (Fsp3) is 0.600. The van der Waals surface area contributed by atoms with E-state index in [0.29, 0.717) is 22.1 Å². The first kappa shape index (κ1) is 15.8. The zero-order valence-corrected chi connectivity index (χ0v) is 14.5. The molecule has 1 aliphatic rings. The number of hydrogen-bond donors (Lipinski definition) is 0. The van der Waals surface area contributed by atoms with Crippen LogP contribution in [0.4, 0.5) is 5.69 Å². The molecule has 0 saturated carbocycles. The molecule has 1 fully saturated rings. The monoisotopic (exact) mass is 359 g/mol. The second-order valence-corrected chi connectivity index (χ2v) is 8.77. The summed E-state index contributed by atoms with van der Waals surface area (Å²) in [5, 5.41) is 0. The third kappa shape index (κ3) is 3.37. The van der Waals surface area contributed by atoms with Gasteiger partial charge in [0.25, 0.3) is 0 Å². The number of benzene rings is 1. The van der Waals surface area contributed by atoms with Gasteiger partial charge >= 0.3 is 0 Å². The number of sulfone groups is 1. The van der Waals surface area contributed by atoms with Crippen LogP contribution in [-0.2, 0) is 9.84 Å². The smallest absolute Gasteiger partial charge is 0.180 e. The maximum Gasteiger partial charge on any atom is 0.180 e. The number of hydrogen-bond acceptors (Lipinski definition) is 3. The van der Waals surface area contributed by atoms with Crippen molar-refractivity contribution < 1.29 is 8.42 Å². The number of rotatable bonds is 4. The Labute approximate surface area is 130 Å². The van der Waals surface area contributed by atoms with Gasteiger partial charge in [-0.2, -0.15) is 0 Å². The lowest BCUT2D eigenvalue weighted by molar-refractivity contribution is 0.455. The molecule has 1 aliphatic heterocycles. The summed E-state index contributed by atoms with van der Waals surface area (Å²) in [6, 6.07) is 7.39. The summed E-state index contributed by atoms with van der Waals surface area (Å²) in [5.41, 5.74) is 0.859. The number of nitrogens with zero attached hydrogens (tertiary/aromatic N) is 1. The van der Waals surface area contributed by atoms with Crippen molar-refractivity contribution >= 4 is 31.5 Å². The third-order valence-electron chi connectivity index (χ3n) is 3.88. The molecule has 1 saturated heterocycles. The molecule has 0 amide bonds. The van der Waals surface area contributed by atoms with Crippen LogP contribution in [0.3, 0.4) is 0 Å². The molecule has 5 heteroatoms. The van der Waals surface area contributed by atoms with Crippen molar-refractivity contribution in [2.45, 2.75) is 36.4 Å². The highest BCUT2D eigenvalue weighted by Crippen LogP contribution is 2.32. The number of para-hydroxylation sites is 1. The molecule has 1 aromatic carbocycles. The van der Waals surface area contributed by atoms with E-state index in [2.05, 4.69) is 27.8 Å². The Morgan fingerprint density at radius 3 is 2.70 bits per heavy atom. The minimum Gasteiger partial charge on any atom is -0.369 e. The molecule has 0 radical (unpaired) electrons. The number of alkyl halides is 1. The highest BCUT2D eigenvalue weighted by Gasteiger charge is 2.27. The molecule has 2 rings (SSSR count). The lowest BCUT2D eigenvalue weighted by atomic mass is 9.98. The fourth-order valence-corrected chi connectivity index (χ4v) is 4.77. The lowest BCUT2D eigenvalue weighted by Gasteiger charge is -2.36. The van der Waals surface area contributed by atoms with Crippen LogP contribution in [0.5, 0.6) is 0 Å². The molecule has 0 N–H and O–H groups in total. The van der Waals surface area contributed by atoms with Crippen LogP contribution < -0.4 is 4.90 Å². The Kier molecular flexibility index (Phi) is 5.13. The quantitative estimate of drug-likeness (QED) is 0.772. The van der Waals surface area contributed by atoms with Crippen LogP contribution in [0, 0.1) is 5.92 Å². The zero-order valence-electron chi connectivity index (χ0n) is 12.0. The minimum atomic E-state index is -3.18. The highest BCUT2D eigenvalue weighted by molar-refractivity contribution is 9.09. The van der Waals surface area contributed by atoms with E-state index in [0.717, 1.165) is 25.2 Å². The van der Waals surface area contributed by atoms with Crippen molar-refractivity contribution in [1.29, 1.82) is 0 Å². The summed E-state index contributed by atoms with van der Waals surface area (Å²) in [7, 11) is -3.18. The summed E-state index contributed by atoms with van der Waals surface area (Å²) in [6.45, 7) is 5.91. The van der Waals surface area contributed by atoms with Gasteiger partial charge in [0.15, 0.2) is 9.84 Å². The predicted molar refractivity (Wildman–Crippen MR) is 87.5 cm³/mol. The summed E-state index contributed by atoms with van der Waals surface area (Å²) in [5.74, 6) is 0.845. The van der Waals surface area contributed by atoms with Crippen molar-refractivity contribution in [2.75, 3.05) is 23.7 Å². The molecule has 1 heterocycles. The normalized spacial score (nSPS) is 23.9. The van der Waals surface area contributed by atoms with Gasteiger partial charge in [0.2, 0.25) is 0 Å². The van der Waals surface area contributed by atoms with Crippen molar-refractivity contribution in [2.24, 2.45) is 5.92 Å². The summed E-state index contributed by atoms with van der Waals surface area (Å²) >= 11 is 3.71. The van der Waals surface area contributed by atoms with Crippen LogP contribution in [-0.4, -0.2) is 32.1 Å². The van der Waals surface area contributed by atoms with Gasteiger partial charge in [-0.05, 0) is 30.9 Å². The Morgan fingerprint density at radius 1 is 1.35 bits per heavy atom. The highest BCUT2D eigenvalue weighted by atomic mass is 79.9. The van der Waals surface area contributed by atoms with Gasteiger partial charge in [0, 0.05) is 17.9 Å². The number of anilines is 1. The molecule has 3 nitrogen and oxygen atoms in total.